The molecule has 0 bridgehead atoms. The van der Waals surface area contributed by atoms with E-state index >= 15 is 0 Å². The van der Waals surface area contributed by atoms with Crippen LogP contribution >= 0.6 is 0 Å². The molecule has 0 aromatic rings. The molecule has 192 valence electrons. The van der Waals surface area contributed by atoms with E-state index in [0.29, 0.717) is 12.8 Å². The lowest BCUT2D eigenvalue weighted by Crippen LogP contribution is -2.50. The summed E-state index contributed by atoms with van der Waals surface area (Å²) in [5.41, 5.74) is -2.08. The quantitative estimate of drug-likeness (QED) is 0.345. The largest absolute Gasteiger partial charge is 0.462 e. The molecule has 0 radical (unpaired) electrons. The highest BCUT2D eigenvalue weighted by Crippen LogP contribution is 2.31. The smallest absolute Gasteiger partial charge is 0.352 e. The molecule has 0 unspecified atom stereocenters. The van der Waals surface area contributed by atoms with Crippen molar-refractivity contribution in [3.63, 3.8) is 0 Å². The lowest BCUT2D eigenvalue weighted by atomic mass is 9.93. The molecule has 3 rings (SSSR count). The minimum atomic E-state index is -2.08. The zero-order valence-electron chi connectivity index (χ0n) is 20.5. The molecule has 3 aliphatic carbocycles. The Bertz CT molecular complexity index is 666. The van der Waals surface area contributed by atoms with Gasteiger partial charge in [0.25, 0.3) is 0 Å². The van der Waals surface area contributed by atoms with E-state index in [1.165, 1.54) is 0 Å². The topological polar surface area (TPSA) is 105 Å². The molecule has 0 heterocycles. The average Bonchev–Trinajstić information content (AvgIpc) is 2.80. The van der Waals surface area contributed by atoms with Crippen LogP contribution in [0.5, 0.6) is 0 Å². The molecule has 0 aromatic heterocycles. The minimum Gasteiger partial charge on any atom is -0.462 e. The van der Waals surface area contributed by atoms with Gasteiger partial charge in [-0.15, -0.1) is 0 Å². The van der Waals surface area contributed by atoms with Crippen molar-refractivity contribution in [2.45, 2.75) is 140 Å². The molecule has 0 spiro atoms. The van der Waals surface area contributed by atoms with Crippen LogP contribution in [0.1, 0.15) is 116 Å². The van der Waals surface area contributed by atoms with Gasteiger partial charge in [0.1, 0.15) is 18.3 Å². The molecule has 0 atom stereocenters. The fourth-order valence-corrected chi connectivity index (χ4v) is 5.32. The van der Waals surface area contributed by atoms with Crippen molar-refractivity contribution in [3.8, 4) is 0 Å². The number of esters is 4. The first-order chi connectivity index (χ1) is 16.4. The lowest BCUT2D eigenvalue weighted by molar-refractivity contribution is -0.196. The van der Waals surface area contributed by atoms with E-state index in [-0.39, 0.29) is 18.3 Å². The molecule has 3 fully saturated rings. The highest BCUT2D eigenvalue weighted by Gasteiger charge is 2.50. The SMILES string of the molecule is CC(=O)OC(CC(=O)OC1CCCCC1)(CC(=O)OC1CCCCC1)C(=O)OC1CCCCC1. The van der Waals surface area contributed by atoms with Gasteiger partial charge >= 0.3 is 23.9 Å². The van der Waals surface area contributed by atoms with Crippen LogP contribution in [-0.2, 0) is 38.1 Å². The van der Waals surface area contributed by atoms with Gasteiger partial charge < -0.3 is 18.9 Å². The van der Waals surface area contributed by atoms with E-state index in [1.54, 1.807) is 0 Å². The predicted octanol–water partition coefficient (Wildman–Crippen LogP) is 4.70. The summed E-state index contributed by atoms with van der Waals surface area (Å²) in [7, 11) is 0. The summed E-state index contributed by atoms with van der Waals surface area (Å²) < 4.78 is 22.4. The first kappa shape index (κ1) is 26.5. The molecule has 3 saturated carbocycles. The Labute approximate surface area is 202 Å². The number of hydrogen-bond donors (Lipinski definition) is 0. The number of ether oxygens (including phenoxy) is 4. The summed E-state index contributed by atoms with van der Waals surface area (Å²) in [5.74, 6) is -2.97. The lowest BCUT2D eigenvalue weighted by Gasteiger charge is -2.33. The van der Waals surface area contributed by atoms with Crippen molar-refractivity contribution in [2.75, 3.05) is 0 Å². The van der Waals surface area contributed by atoms with E-state index < -0.39 is 42.3 Å². The van der Waals surface area contributed by atoms with E-state index in [0.717, 1.165) is 90.4 Å². The Morgan fingerprint density at radius 2 is 0.941 bits per heavy atom. The maximum Gasteiger partial charge on any atom is 0.352 e. The monoisotopic (exact) mass is 480 g/mol. The second-order valence-corrected chi connectivity index (χ2v) is 10.1. The maximum atomic E-state index is 13.4. The van der Waals surface area contributed by atoms with Crippen molar-refractivity contribution in [3.05, 3.63) is 0 Å². The summed E-state index contributed by atoms with van der Waals surface area (Å²) in [6.45, 7) is 1.15. The van der Waals surface area contributed by atoms with Crippen LogP contribution in [0.2, 0.25) is 0 Å². The molecule has 0 aliphatic heterocycles. The van der Waals surface area contributed by atoms with Crippen molar-refractivity contribution in [1.82, 2.24) is 0 Å². The van der Waals surface area contributed by atoms with Gasteiger partial charge in [-0.05, 0) is 77.0 Å². The molecule has 3 aliphatic rings. The maximum absolute atomic E-state index is 13.4. The highest BCUT2D eigenvalue weighted by molar-refractivity contribution is 5.92. The summed E-state index contributed by atoms with van der Waals surface area (Å²) in [4.78, 5) is 51.3. The number of carbonyl (C=O) groups excluding carboxylic acids is 4. The number of carbonyl (C=O) groups is 4. The van der Waals surface area contributed by atoms with E-state index in [4.69, 9.17) is 18.9 Å². The van der Waals surface area contributed by atoms with Gasteiger partial charge in [-0.2, -0.15) is 0 Å². The summed E-state index contributed by atoms with van der Waals surface area (Å²) >= 11 is 0. The first-order valence-corrected chi connectivity index (χ1v) is 13.2. The zero-order valence-corrected chi connectivity index (χ0v) is 20.5. The third-order valence-electron chi connectivity index (χ3n) is 7.10. The van der Waals surface area contributed by atoms with Crippen LogP contribution in [-0.4, -0.2) is 47.8 Å². The third kappa shape index (κ3) is 8.27. The van der Waals surface area contributed by atoms with Crippen molar-refractivity contribution in [2.24, 2.45) is 0 Å². The van der Waals surface area contributed by atoms with Gasteiger partial charge in [-0.3, -0.25) is 14.4 Å². The molecular formula is C26H40O8. The Morgan fingerprint density at radius 1 is 0.588 bits per heavy atom. The summed E-state index contributed by atoms with van der Waals surface area (Å²) in [6.07, 6.45) is 11.7. The molecule has 0 amide bonds. The van der Waals surface area contributed by atoms with Crippen LogP contribution in [0, 0.1) is 0 Å². The molecule has 8 heteroatoms. The molecule has 34 heavy (non-hydrogen) atoms. The van der Waals surface area contributed by atoms with Crippen LogP contribution in [0.15, 0.2) is 0 Å². The second-order valence-electron chi connectivity index (χ2n) is 10.1. The van der Waals surface area contributed by atoms with Crippen molar-refractivity contribution >= 4 is 23.9 Å². The normalized spacial score (nSPS) is 20.9. The van der Waals surface area contributed by atoms with Gasteiger partial charge in [0, 0.05) is 6.92 Å². The Morgan fingerprint density at radius 3 is 1.29 bits per heavy atom. The van der Waals surface area contributed by atoms with Gasteiger partial charge in [-0.1, -0.05) is 19.3 Å². The first-order valence-electron chi connectivity index (χ1n) is 13.2. The van der Waals surface area contributed by atoms with Crippen molar-refractivity contribution < 1.29 is 38.1 Å². The van der Waals surface area contributed by atoms with Crippen LogP contribution < -0.4 is 0 Å². The van der Waals surface area contributed by atoms with Crippen LogP contribution in [0.25, 0.3) is 0 Å². The molecular weight excluding hydrogens is 440 g/mol. The van der Waals surface area contributed by atoms with Gasteiger partial charge in [0.15, 0.2) is 0 Å². The predicted molar refractivity (Wildman–Crippen MR) is 123 cm³/mol. The van der Waals surface area contributed by atoms with Gasteiger partial charge in [0.05, 0.1) is 12.8 Å². The van der Waals surface area contributed by atoms with Gasteiger partial charge in [-0.25, -0.2) is 4.79 Å². The van der Waals surface area contributed by atoms with Crippen molar-refractivity contribution in [1.29, 1.82) is 0 Å². The van der Waals surface area contributed by atoms with Crippen LogP contribution in [0.3, 0.4) is 0 Å². The Balaban J connectivity index is 1.75. The van der Waals surface area contributed by atoms with E-state index in [1.807, 2.05) is 0 Å². The third-order valence-corrected chi connectivity index (χ3v) is 7.10. The molecule has 0 N–H and O–H groups in total. The standard InChI is InChI=1S/C26H40O8/c1-19(27)34-26(25(30)33-22-15-9-4-10-16-22,17-23(28)31-20-11-5-2-6-12-20)18-24(29)32-21-13-7-3-8-14-21/h20-22H,2-18H2,1H3. The fourth-order valence-electron chi connectivity index (χ4n) is 5.32. The van der Waals surface area contributed by atoms with E-state index in [2.05, 4.69) is 0 Å². The second kappa shape index (κ2) is 13.1. The average molecular weight is 481 g/mol. The van der Waals surface area contributed by atoms with Crippen LogP contribution in [0.4, 0.5) is 0 Å². The molecule has 8 nitrogen and oxygen atoms in total. The highest BCUT2D eigenvalue weighted by atomic mass is 16.6. The minimum absolute atomic E-state index is 0.222. The summed E-state index contributed by atoms with van der Waals surface area (Å²) in [6, 6.07) is 0. The Hall–Kier alpha value is -2.12. The zero-order chi connectivity index (χ0) is 24.4. The molecule has 0 saturated heterocycles. The fraction of sp³-hybridized carbons (Fsp3) is 0.846. The summed E-state index contributed by atoms with van der Waals surface area (Å²) in [5, 5.41) is 0. The Kier molecular flexibility index (Phi) is 10.2. The molecule has 0 aromatic carbocycles. The van der Waals surface area contributed by atoms with Gasteiger partial charge in [0.2, 0.25) is 5.60 Å². The number of hydrogen-bond acceptors (Lipinski definition) is 8. The number of rotatable bonds is 9. The van der Waals surface area contributed by atoms with E-state index in [9.17, 15) is 19.2 Å².